The van der Waals surface area contributed by atoms with E-state index in [-0.39, 0.29) is 17.3 Å². The van der Waals surface area contributed by atoms with Crippen molar-refractivity contribution in [2.24, 2.45) is 5.73 Å². The van der Waals surface area contributed by atoms with Crippen LogP contribution in [0.3, 0.4) is 0 Å². The molecule has 10 heteroatoms. The third-order valence-corrected chi connectivity index (χ3v) is 7.73. The molecule has 2 heterocycles. The lowest BCUT2D eigenvalue weighted by Gasteiger charge is -2.28. The molecule has 0 spiro atoms. The molecule has 0 unspecified atom stereocenters. The van der Waals surface area contributed by atoms with E-state index in [9.17, 15) is 18.3 Å². The number of nitrogens with zero attached hydrogens (tertiary/aromatic N) is 2. The summed E-state index contributed by atoms with van der Waals surface area (Å²) in [4.78, 5) is 14.3. The number of carbonyl (C=O) groups excluding carboxylic acids is 1. The molecule has 0 saturated carbocycles. The Balaban J connectivity index is 1.46. The Hall–Kier alpha value is -3.53. The smallest absolute Gasteiger partial charge is 0.254 e. The number of phenolic OH excluding ortho intramolecular Hbond substituents is 1. The molecular weight excluding hydrogens is 454 g/mol. The summed E-state index contributed by atoms with van der Waals surface area (Å²) in [5.74, 6) is 0.431. The van der Waals surface area contributed by atoms with Crippen LogP contribution in [-0.2, 0) is 22.8 Å². The highest BCUT2D eigenvalue weighted by molar-refractivity contribution is 7.91. The van der Waals surface area contributed by atoms with Crippen molar-refractivity contribution in [3.05, 3.63) is 69.9 Å². The first-order valence-corrected chi connectivity index (χ1v) is 12.9. The Bertz CT molecular complexity index is 1280. The van der Waals surface area contributed by atoms with E-state index in [0.29, 0.717) is 43.1 Å². The molecule has 1 aromatic heterocycles. The zero-order chi connectivity index (χ0) is 24.5. The second-order valence-corrected chi connectivity index (χ2v) is 11.0. The van der Waals surface area contributed by atoms with Crippen molar-refractivity contribution in [2.45, 2.75) is 26.8 Å². The minimum absolute atomic E-state index is 0.171. The molecule has 1 amide bonds. The lowest BCUT2D eigenvalue weighted by molar-refractivity contribution is 0.100. The summed E-state index contributed by atoms with van der Waals surface area (Å²) in [6.45, 7) is 5.08. The molecule has 9 nitrogen and oxygen atoms in total. The Morgan fingerprint density at radius 2 is 1.74 bits per heavy atom. The summed E-state index contributed by atoms with van der Waals surface area (Å²) in [5, 5.41) is 20.3. The molecule has 1 aliphatic heterocycles. The Morgan fingerprint density at radius 1 is 1.12 bits per heavy atom. The molecule has 2 aromatic carbocycles. The molecule has 0 aliphatic carbocycles. The predicted octanol–water partition coefficient (Wildman–Crippen LogP) is 2.27. The molecule has 4 rings (SSSR count). The van der Waals surface area contributed by atoms with Gasteiger partial charge in [0.1, 0.15) is 11.3 Å². The highest BCUT2D eigenvalue weighted by Crippen LogP contribution is 2.25. The number of H-pyrrole nitrogens is 1. The number of rotatable bonds is 7. The number of primary amides is 1. The van der Waals surface area contributed by atoms with Crippen molar-refractivity contribution in [3.8, 4) is 5.75 Å². The number of nitrogens with one attached hydrogen (secondary N) is 2. The second kappa shape index (κ2) is 9.38. The number of aromatic amines is 1. The Morgan fingerprint density at radius 3 is 2.32 bits per heavy atom. The molecule has 1 aliphatic rings. The van der Waals surface area contributed by atoms with Crippen LogP contribution in [0.25, 0.3) is 0 Å². The van der Waals surface area contributed by atoms with E-state index < -0.39 is 15.7 Å². The minimum Gasteiger partial charge on any atom is -0.507 e. The van der Waals surface area contributed by atoms with Gasteiger partial charge < -0.3 is 21.1 Å². The molecule has 180 valence electrons. The Kier molecular flexibility index (Phi) is 6.52. The molecule has 0 atom stereocenters. The molecule has 1 fully saturated rings. The number of aryl methyl sites for hydroxylation is 2. The molecule has 3 aromatic rings. The number of hydrogen-bond donors (Lipinski definition) is 4. The van der Waals surface area contributed by atoms with E-state index in [1.165, 1.54) is 0 Å². The monoisotopic (exact) mass is 483 g/mol. The minimum atomic E-state index is -2.93. The number of phenols is 1. The third kappa shape index (κ3) is 5.17. The third-order valence-electron chi connectivity index (χ3n) is 6.13. The second-order valence-electron chi connectivity index (χ2n) is 8.70. The summed E-state index contributed by atoms with van der Waals surface area (Å²) in [6, 6.07) is 11.6. The van der Waals surface area contributed by atoms with Crippen LogP contribution in [0.1, 0.15) is 38.3 Å². The number of aromatic nitrogens is 2. The standard InChI is InChI=1S/C24H29N5O4S/c1-15-11-18(12-16(2)22(15)30)14-26-24-21(23(25)31)20(27-28-24)13-17-3-5-19(6-4-17)29-7-9-34(32,33)10-8-29/h3-6,11-12,30H,7-10,13-14H2,1-2H3,(H2,25,31)(H2,26,27,28). The lowest BCUT2D eigenvalue weighted by atomic mass is 10.0. The number of amides is 1. The van der Waals surface area contributed by atoms with Crippen LogP contribution in [0, 0.1) is 13.8 Å². The first-order valence-electron chi connectivity index (χ1n) is 11.1. The summed E-state index contributed by atoms with van der Waals surface area (Å²) >= 11 is 0. The molecule has 0 bridgehead atoms. The van der Waals surface area contributed by atoms with Gasteiger partial charge in [-0.15, -0.1) is 0 Å². The van der Waals surface area contributed by atoms with Crippen molar-refractivity contribution in [3.63, 3.8) is 0 Å². The number of carbonyl (C=O) groups is 1. The van der Waals surface area contributed by atoms with E-state index in [4.69, 9.17) is 5.73 Å². The van der Waals surface area contributed by atoms with Crippen molar-refractivity contribution < 1.29 is 18.3 Å². The van der Waals surface area contributed by atoms with Gasteiger partial charge in [-0.2, -0.15) is 5.10 Å². The van der Waals surface area contributed by atoms with Gasteiger partial charge in [0.2, 0.25) is 0 Å². The zero-order valence-electron chi connectivity index (χ0n) is 19.3. The molecule has 0 radical (unpaired) electrons. The average Bonchev–Trinajstić information content (AvgIpc) is 3.19. The lowest BCUT2D eigenvalue weighted by Crippen LogP contribution is -2.40. The van der Waals surface area contributed by atoms with Crippen LogP contribution in [0.5, 0.6) is 5.75 Å². The van der Waals surface area contributed by atoms with Crippen LogP contribution < -0.4 is 16.0 Å². The average molecular weight is 484 g/mol. The zero-order valence-corrected chi connectivity index (χ0v) is 20.1. The first kappa shape index (κ1) is 23.6. The summed E-state index contributed by atoms with van der Waals surface area (Å²) < 4.78 is 23.3. The quantitative estimate of drug-likeness (QED) is 0.404. The van der Waals surface area contributed by atoms with Gasteiger partial charge in [0, 0.05) is 31.7 Å². The maximum absolute atomic E-state index is 12.2. The van der Waals surface area contributed by atoms with Crippen molar-refractivity contribution in [2.75, 3.05) is 34.8 Å². The highest BCUT2D eigenvalue weighted by Gasteiger charge is 2.22. The number of nitrogens with two attached hydrogens (primary N) is 1. The largest absolute Gasteiger partial charge is 0.507 e. The van der Waals surface area contributed by atoms with Crippen LogP contribution in [0.15, 0.2) is 36.4 Å². The van der Waals surface area contributed by atoms with Crippen LogP contribution in [0.2, 0.25) is 0 Å². The van der Waals surface area contributed by atoms with E-state index in [1.807, 2.05) is 50.2 Å². The fourth-order valence-electron chi connectivity index (χ4n) is 4.23. The number of sulfone groups is 1. The molecule has 5 N–H and O–H groups in total. The van der Waals surface area contributed by atoms with Crippen LogP contribution in [-0.4, -0.2) is 54.2 Å². The SMILES string of the molecule is Cc1cc(CNc2n[nH]c(Cc3ccc(N4CCS(=O)(=O)CC4)cc3)c2C(N)=O)cc(C)c1O. The van der Waals surface area contributed by atoms with Crippen LogP contribution >= 0.6 is 0 Å². The maximum atomic E-state index is 12.2. The van der Waals surface area contributed by atoms with Gasteiger partial charge in [-0.25, -0.2) is 8.42 Å². The van der Waals surface area contributed by atoms with Crippen molar-refractivity contribution in [1.82, 2.24) is 10.2 Å². The van der Waals surface area contributed by atoms with Gasteiger partial charge >= 0.3 is 0 Å². The number of benzene rings is 2. The van der Waals surface area contributed by atoms with Gasteiger partial charge in [-0.3, -0.25) is 9.89 Å². The molecular formula is C24H29N5O4S. The van der Waals surface area contributed by atoms with E-state index in [0.717, 1.165) is 27.9 Å². The van der Waals surface area contributed by atoms with Gasteiger partial charge in [0.15, 0.2) is 15.7 Å². The maximum Gasteiger partial charge on any atom is 0.254 e. The number of hydrogen-bond acceptors (Lipinski definition) is 7. The highest BCUT2D eigenvalue weighted by atomic mass is 32.2. The topological polar surface area (TPSA) is 141 Å². The first-order chi connectivity index (χ1) is 16.1. The predicted molar refractivity (Wildman–Crippen MR) is 132 cm³/mol. The van der Waals surface area contributed by atoms with Gasteiger partial charge in [-0.1, -0.05) is 24.3 Å². The van der Waals surface area contributed by atoms with Crippen molar-refractivity contribution in [1.29, 1.82) is 0 Å². The van der Waals surface area contributed by atoms with Crippen LogP contribution in [0.4, 0.5) is 11.5 Å². The van der Waals surface area contributed by atoms with Gasteiger partial charge in [0.25, 0.3) is 5.91 Å². The fraction of sp³-hybridized carbons (Fsp3) is 0.333. The van der Waals surface area contributed by atoms with E-state index >= 15 is 0 Å². The normalized spacial score (nSPS) is 15.3. The summed E-state index contributed by atoms with van der Waals surface area (Å²) in [7, 11) is -2.93. The van der Waals surface area contributed by atoms with Gasteiger partial charge in [-0.05, 0) is 48.2 Å². The number of aromatic hydroxyl groups is 1. The fourth-order valence-corrected chi connectivity index (χ4v) is 5.43. The molecule has 1 saturated heterocycles. The number of anilines is 2. The summed E-state index contributed by atoms with van der Waals surface area (Å²) in [6.07, 6.45) is 0.443. The molecule has 34 heavy (non-hydrogen) atoms. The van der Waals surface area contributed by atoms with Gasteiger partial charge in [0.05, 0.1) is 17.2 Å². The van der Waals surface area contributed by atoms with E-state index in [1.54, 1.807) is 0 Å². The Labute approximate surface area is 198 Å². The van der Waals surface area contributed by atoms with Crippen molar-refractivity contribution >= 4 is 27.2 Å². The summed E-state index contributed by atoms with van der Waals surface area (Å²) in [5.41, 5.74) is 11.1. The van der Waals surface area contributed by atoms with E-state index in [2.05, 4.69) is 20.4 Å².